The van der Waals surface area contributed by atoms with Gasteiger partial charge in [-0.15, -0.1) is 11.3 Å². The molecule has 4 rings (SSSR count). The maximum absolute atomic E-state index is 12.8. The maximum Gasteiger partial charge on any atom is 0.284 e. The van der Waals surface area contributed by atoms with Crippen LogP contribution in [0.15, 0.2) is 50.5 Å². The Labute approximate surface area is 179 Å². The average molecular weight is 472 g/mol. The van der Waals surface area contributed by atoms with Crippen LogP contribution in [-0.4, -0.2) is 48.9 Å². The molecular weight excluding hydrogens is 458 g/mol. The van der Waals surface area contributed by atoms with E-state index in [2.05, 4.69) is 4.98 Å². The Morgan fingerprint density at radius 2 is 1.97 bits per heavy atom. The lowest BCUT2D eigenvalue weighted by molar-refractivity contribution is -0.388. The summed E-state index contributed by atoms with van der Waals surface area (Å²) in [6, 6.07) is 9.27. The van der Waals surface area contributed by atoms with Crippen molar-refractivity contribution in [1.29, 1.82) is 0 Å². The van der Waals surface area contributed by atoms with Gasteiger partial charge in [0.2, 0.25) is 10.0 Å². The molecule has 0 radical (unpaired) electrons. The smallest absolute Gasteiger partial charge is 0.284 e. The minimum Gasteiger partial charge on any atom is -0.379 e. The summed E-state index contributed by atoms with van der Waals surface area (Å²) in [5, 5.41) is 12.2. The number of nitrogens with zero attached hydrogens (tertiary/aromatic N) is 3. The average Bonchev–Trinajstić information content (AvgIpc) is 3.10. The number of thiazole rings is 1. The van der Waals surface area contributed by atoms with Gasteiger partial charge in [-0.2, -0.15) is 4.31 Å². The summed E-state index contributed by atoms with van der Waals surface area (Å²) in [4.78, 5) is 15.7. The summed E-state index contributed by atoms with van der Waals surface area (Å²) in [5.74, 6) is 0. The molecule has 0 unspecified atom stereocenters. The molecule has 0 bridgehead atoms. The van der Waals surface area contributed by atoms with Gasteiger partial charge in [-0.3, -0.25) is 10.1 Å². The normalized spacial score (nSPS) is 15.6. The monoisotopic (exact) mass is 471 g/mol. The minimum absolute atomic E-state index is 0.105. The first-order valence-corrected chi connectivity index (χ1v) is 11.9. The van der Waals surface area contributed by atoms with Gasteiger partial charge in [0.15, 0.2) is 4.34 Å². The van der Waals surface area contributed by atoms with E-state index in [1.54, 1.807) is 12.1 Å². The second kappa shape index (κ2) is 8.17. The van der Waals surface area contributed by atoms with Gasteiger partial charge in [-0.25, -0.2) is 13.4 Å². The highest BCUT2D eigenvalue weighted by Gasteiger charge is 2.29. The molecule has 3 aromatic rings. The molecule has 2 heterocycles. The molecule has 0 amide bonds. The molecule has 0 saturated carbocycles. The molecule has 1 fully saturated rings. The zero-order valence-electron chi connectivity index (χ0n) is 14.8. The number of sulfonamides is 1. The molecule has 2 aromatic carbocycles. The molecule has 1 aromatic heterocycles. The van der Waals surface area contributed by atoms with E-state index in [1.165, 1.54) is 27.8 Å². The van der Waals surface area contributed by atoms with E-state index in [9.17, 15) is 18.5 Å². The van der Waals surface area contributed by atoms with Crippen LogP contribution in [0.1, 0.15) is 0 Å². The highest BCUT2D eigenvalue weighted by molar-refractivity contribution is 8.01. The van der Waals surface area contributed by atoms with Crippen LogP contribution in [0.2, 0.25) is 5.02 Å². The number of halogens is 1. The van der Waals surface area contributed by atoms with Crippen molar-refractivity contribution in [2.75, 3.05) is 26.3 Å². The Kier molecular flexibility index (Phi) is 5.78. The van der Waals surface area contributed by atoms with Crippen molar-refractivity contribution >= 4 is 60.6 Å². The Balaban J connectivity index is 1.67. The predicted octanol–water partition coefficient (Wildman–Crippen LogP) is 4.03. The van der Waals surface area contributed by atoms with Crippen molar-refractivity contribution in [3.8, 4) is 0 Å². The van der Waals surface area contributed by atoms with Crippen molar-refractivity contribution in [1.82, 2.24) is 9.29 Å². The molecule has 8 nitrogen and oxygen atoms in total. The standard InChI is InChI=1S/C17H14ClN3O5S3/c18-11-1-3-15-13(9-11)19-17(27-15)28-16-4-2-12(10-14(16)21(22)23)29(24,25)20-5-7-26-8-6-20/h1-4,9-10H,5-8H2. The van der Waals surface area contributed by atoms with Gasteiger partial charge in [0, 0.05) is 24.2 Å². The number of fused-ring (bicyclic) bond motifs is 1. The molecule has 0 spiro atoms. The number of hydrogen-bond donors (Lipinski definition) is 0. The number of nitro benzene ring substituents is 1. The number of rotatable bonds is 5. The topological polar surface area (TPSA) is 103 Å². The quantitative estimate of drug-likeness (QED) is 0.408. The number of hydrogen-bond acceptors (Lipinski definition) is 8. The van der Waals surface area contributed by atoms with Crippen LogP contribution in [0.4, 0.5) is 5.69 Å². The summed E-state index contributed by atoms with van der Waals surface area (Å²) in [6.07, 6.45) is 0. The van der Waals surface area contributed by atoms with E-state index in [0.717, 1.165) is 22.5 Å². The van der Waals surface area contributed by atoms with E-state index < -0.39 is 14.9 Å². The molecule has 1 aliphatic heterocycles. The van der Waals surface area contributed by atoms with Crippen LogP contribution in [0.3, 0.4) is 0 Å². The fourth-order valence-electron chi connectivity index (χ4n) is 2.84. The number of aromatic nitrogens is 1. The van der Waals surface area contributed by atoms with Crippen molar-refractivity contribution in [2.45, 2.75) is 14.1 Å². The Morgan fingerprint density at radius 1 is 1.21 bits per heavy atom. The van der Waals surface area contributed by atoms with Crippen LogP contribution in [0, 0.1) is 10.1 Å². The first kappa shape index (κ1) is 20.5. The van der Waals surface area contributed by atoms with Gasteiger partial charge in [0.25, 0.3) is 5.69 Å². The Hall–Kier alpha value is -1.76. The van der Waals surface area contributed by atoms with E-state index in [4.69, 9.17) is 16.3 Å². The second-order valence-corrected chi connectivity index (χ2v) is 10.8. The van der Waals surface area contributed by atoms with Gasteiger partial charge >= 0.3 is 0 Å². The zero-order chi connectivity index (χ0) is 20.6. The first-order chi connectivity index (χ1) is 13.8. The lowest BCUT2D eigenvalue weighted by atomic mass is 10.3. The summed E-state index contributed by atoms with van der Waals surface area (Å²) in [5.41, 5.74) is 0.431. The molecule has 12 heteroatoms. The van der Waals surface area contributed by atoms with Crippen molar-refractivity contribution in [3.05, 3.63) is 51.5 Å². The molecule has 1 aliphatic rings. The highest BCUT2D eigenvalue weighted by Crippen LogP contribution is 2.40. The molecule has 1 saturated heterocycles. The maximum atomic E-state index is 12.8. The fourth-order valence-corrected chi connectivity index (χ4v) is 6.52. The Bertz CT molecular complexity index is 1190. The third-order valence-corrected chi connectivity index (χ3v) is 8.55. The van der Waals surface area contributed by atoms with Gasteiger partial charge in [0.1, 0.15) is 0 Å². The van der Waals surface area contributed by atoms with E-state index in [0.29, 0.717) is 33.0 Å². The zero-order valence-corrected chi connectivity index (χ0v) is 18.0. The van der Waals surface area contributed by atoms with Gasteiger partial charge in [0.05, 0.1) is 38.1 Å². The third-order valence-electron chi connectivity index (χ3n) is 4.26. The molecule has 0 atom stereocenters. The number of benzene rings is 2. The van der Waals surface area contributed by atoms with Crippen LogP contribution in [0.5, 0.6) is 0 Å². The van der Waals surface area contributed by atoms with Crippen molar-refractivity contribution in [3.63, 3.8) is 0 Å². The summed E-state index contributed by atoms with van der Waals surface area (Å²) < 4.78 is 33.6. The molecule has 29 heavy (non-hydrogen) atoms. The third kappa shape index (κ3) is 4.25. The fraction of sp³-hybridized carbons (Fsp3) is 0.235. The second-order valence-electron chi connectivity index (χ2n) is 6.10. The Morgan fingerprint density at radius 3 is 2.69 bits per heavy atom. The summed E-state index contributed by atoms with van der Waals surface area (Å²) >= 11 is 8.49. The van der Waals surface area contributed by atoms with Crippen molar-refractivity contribution in [2.24, 2.45) is 0 Å². The molecule has 0 aliphatic carbocycles. The van der Waals surface area contributed by atoms with Gasteiger partial charge in [-0.1, -0.05) is 23.4 Å². The highest BCUT2D eigenvalue weighted by atomic mass is 35.5. The van der Waals surface area contributed by atoms with Crippen LogP contribution < -0.4 is 0 Å². The lowest BCUT2D eigenvalue weighted by Gasteiger charge is -2.26. The van der Waals surface area contributed by atoms with Gasteiger partial charge in [-0.05, 0) is 30.3 Å². The number of morpholine rings is 1. The van der Waals surface area contributed by atoms with Crippen molar-refractivity contribution < 1.29 is 18.1 Å². The van der Waals surface area contributed by atoms with E-state index >= 15 is 0 Å². The van der Waals surface area contributed by atoms with Crippen LogP contribution >= 0.6 is 34.7 Å². The lowest BCUT2D eigenvalue weighted by Crippen LogP contribution is -2.40. The number of nitro groups is 1. The van der Waals surface area contributed by atoms with E-state index in [1.807, 2.05) is 6.07 Å². The summed E-state index contributed by atoms with van der Waals surface area (Å²) in [6.45, 7) is 1.05. The van der Waals surface area contributed by atoms with E-state index in [-0.39, 0.29) is 23.7 Å². The summed E-state index contributed by atoms with van der Waals surface area (Å²) in [7, 11) is -3.82. The molecular formula is C17H14ClN3O5S3. The molecule has 152 valence electrons. The SMILES string of the molecule is O=[N+]([O-])c1cc(S(=O)(=O)N2CCOCC2)ccc1Sc1nc2cc(Cl)ccc2s1. The number of ether oxygens (including phenoxy) is 1. The van der Waals surface area contributed by atoms with Crippen LogP contribution in [-0.2, 0) is 14.8 Å². The predicted molar refractivity (Wildman–Crippen MR) is 111 cm³/mol. The minimum atomic E-state index is -3.82. The van der Waals surface area contributed by atoms with Gasteiger partial charge < -0.3 is 4.74 Å². The largest absolute Gasteiger partial charge is 0.379 e. The first-order valence-electron chi connectivity index (χ1n) is 8.45. The molecule has 0 N–H and O–H groups in total. The van der Waals surface area contributed by atoms with Crippen LogP contribution in [0.25, 0.3) is 10.2 Å².